The summed E-state index contributed by atoms with van der Waals surface area (Å²) < 4.78 is 14.7. The molecule has 0 aliphatic heterocycles. The molecule has 2 aromatic rings. The minimum Gasteiger partial charge on any atom is -0.324 e. The molecule has 0 spiro atoms. The van der Waals surface area contributed by atoms with Crippen molar-refractivity contribution in [2.75, 3.05) is 0 Å². The molecule has 1 heterocycles. The van der Waals surface area contributed by atoms with E-state index < -0.39 is 0 Å². The van der Waals surface area contributed by atoms with Gasteiger partial charge in [0.25, 0.3) is 0 Å². The van der Waals surface area contributed by atoms with E-state index in [0.717, 1.165) is 22.4 Å². The number of aryl methyl sites for hydroxylation is 3. The molecule has 0 saturated carbocycles. The molecule has 1 atom stereocenters. The van der Waals surface area contributed by atoms with Crippen LogP contribution in [0.1, 0.15) is 28.4 Å². The van der Waals surface area contributed by atoms with Gasteiger partial charge < -0.3 is 5.73 Å². The van der Waals surface area contributed by atoms with Gasteiger partial charge >= 0.3 is 0 Å². The van der Waals surface area contributed by atoms with Gasteiger partial charge in [0.05, 0.1) is 5.69 Å². The first-order valence-electron chi connectivity index (χ1n) is 6.09. The average molecular weight is 282 g/mol. The summed E-state index contributed by atoms with van der Waals surface area (Å²) in [6, 6.07) is 4.43. The number of nitrogens with zero attached hydrogens (tertiary/aromatic N) is 2. The van der Waals surface area contributed by atoms with Gasteiger partial charge in [0.15, 0.2) is 0 Å². The first-order valence-corrected chi connectivity index (χ1v) is 6.47. The van der Waals surface area contributed by atoms with E-state index in [0.29, 0.717) is 11.6 Å². The Hall–Kier alpha value is -1.39. The molecular formula is C14H17ClFN3. The fourth-order valence-corrected chi connectivity index (χ4v) is 2.54. The Labute approximate surface area is 117 Å². The Kier molecular flexibility index (Phi) is 3.92. The van der Waals surface area contributed by atoms with Crippen LogP contribution in [0, 0.1) is 19.7 Å². The van der Waals surface area contributed by atoms with E-state index in [9.17, 15) is 4.39 Å². The topological polar surface area (TPSA) is 43.8 Å². The van der Waals surface area contributed by atoms with Crippen molar-refractivity contribution in [3.8, 4) is 0 Å². The number of halogens is 2. The Morgan fingerprint density at radius 2 is 2.11 bits per heavy atom. The lowest BCUT2D eigenvalue weighted by atomic mass is 9.96. The van der Waals surface area contributed by atoms with Crippen molar-refractivity contribution in [2.24, 2.45) is 12.8 Å². The van der Waals surface area contributed by atoms with Crippen LogP contribution in [-0.4, -0.2) is 9.78 Å². The molecule has 19 heavy (non-hydrogen) atoms. The summed E-state index contributed by atoms with van der Waals surface area (Å²) in [5.74, 6) is -0.246. The molecule has 1 unspecified atom stereocenters. The zero-order chi connectivity index (χ0) is 14.2. The maximum atomic E-state index is 13.1. The van der Waals surface area contributed by atoms with E-state index in [2.05, 4.69) is 5.10 Å². The first kappa shape index (κ1) is 14.0. The molecule has 102 valence electrons. The second kappa shape index (κ2) is 5.31. The van der Waals surface area contributed by atoms with Crippen molar-refractivity contribution in [2.45, 2.75) is 26.3 Å². The third kappa shape index (κ3) is 2.80. The standard InChI is InChI=1S/C14H17ClFN3/c1-8-6-10(16)4-5-11(8)13(17)7-12-9(2)18-19(3)14(12)15/h4-6,13H,7,17H2,1-3H3. The zero-order valence-electron chi connectivity index (χ0n) is 11.2. The van der Waals surface area contributed by atoms with Gasteiger partial charge in [-0.3, -0.25) is 4.68 Å². The van der Waals surface area contributed by atoms with Crippen LogP contribution in [-0.2, 0) is 13.5 Å². The first-order chi connectivity index (χ1) is 8.90. The number of hydrogen-bond donors (Lipinski definition) is 1. The Bertz CT molecular complexity index is 607. The molecule has 0 amide bonds. The van der Waals surface area contributed by atoms with Crippen LogP contribution >= 0.6 is 11.6 Å². The summed E-state index contributed by atoms with van der Waals surface area (Å²) in [5.41, 5.74) is 9.81. The molecule has 1 aromatic carbocycles. The Morgan fingerprint density at radius 1 is 1.42 bits per heavy atom. The van der Waals surface area contributed by atoms with Crippen molar-refractivity contribution in [3.63, 3.8) is 0 Å². The molecule has 1 aromatic heterocycles. The van der Waals surface area contributed by atoms with E-state index in [1.807, 2.05) is 13.8 Å². The summed E-state index contributed by atoms with van der Waals surface area (Å²) in [4.78, 5) is 0. The van der Waals surface area contributed by atoms with Crippen molar-refractivity contribution in [3.05, 3.63) is 51.6 Å². The molecule has 0 aliphatic carbocycles. The summed E-state index contributed by atoms with van der Waals surface area (Å²) >= 11 is 6.20. The van der Waals surface area contributed by atoms with Gasteiger partial charge in [0.2, 0.25) is 0 Å². The van der Waals surface area contributed by atoms with Gasteiger partial charge in [-0.2, -0.15) is 5.10 Å². The number of aromatic nitrogens is 2. The smallest absolute Gasteiger partial charge is 0.130 e. The summed E-state index contributed by atoms with van der Waals surface area (Å²) in [6.07, 6.45) is 0.588. The highest BCUT2D eigenvalue weighted by atomic mass is 35.5. The van der Waals surface area contributed by atoms with Gasteiger partial charge in [-0.05, 0) is 43.5 Å². The van der Waals surface area contributed by atoms with Crippen molar-refractivity contribution < 1.29 is 4.39 Å². The molecule has 3 nitrogen and oxygen atoms in total. The molecule has 2 N–H and O–H groups in total. The van der Waals surface area contributed by atoms with Crippen LogP contribution in [0.25, 0.3) is 0 Å². The molecule has 0 radical (unpaired) electrons. The van der Waals surface area contributed by atoms with Gasteiger partial charge in [-0.1, -0.05) is 17.7 Å². The molecule has 5 heteroatoms. The van der Waals surface area contributed by atoms with Crippen molar-refractivity contribution in [1.29, 1.82) is 0 Å². The molecule has 0 bridgehead atoms. The monoisotopic (exact) mass is 281 g/mol. The number of hydrogen-bond acceptors (Lipinski definition) is 2. The molecule has 0 fully saturated rings. The third-order valence-corrected chi connectivity index (χ3v) is 3.80. The molecule has 0 saturated heterocycles. The maximum absolute atomic E-state index is 13.1. The highest BCUT2D eigenvalue weighted by Crippen LogP contribution is 2.26. The Balaban J connectivity index is 2.28. The van der Waals surface area contributed by atoms with Crippen molar-refractivity contribution >= 4 is 11.6 Å². The van der Waals surface area contributed by atoms with E-state index in [4.69, 9.17) is 17.3 Å². The lowest BCUT2D eigenvalue weighted by Crippen LogP contribution is -2.15. The number of rotatable bonds is 3. The van der Waals surface area contributed by atoms with E-state index in [-0.39, 0.29) is 11.9 Å². The second-order valence-corrected chi connectivity index (χ2v) is 5.15. The SMILES string of the molecule is Cc1cc(F)ccc1C(N)Cc1c(C)nn(C)c1Cl. The highest BCUT2D eigenvalue weighted by Gasteiger charge is 2.17. The predicted octanol–water partition coefficient (Wildman–Crippen LogP) is 3.07. The van der Waals surface area contributed by atoms with E-state index in [1.54, 1.807) is 17.8 Å². The molecular weight excluding hydrogens is 265 g/mol. The van der Waals surface area contributed by atoms with Crippen LogP contribution in [0.5, 0.6) is 0 Å². The van der Waals surface area contributed by atoms with Gasteiger partial charge in [0, 0.05) is 18.7 Å². The fraction of sp³-hybridized carbons (Fsp3) is 0.357. The van der Waals surface area contributed by atoms with Gasteiger partial charge in [-0.25, -0.2) is 4.39 Å². The van der Waals surface area contributed by atoms with Crippen LogP contribution in [0.4, 0.5) is 4.39 Å². The zero-order valence-corrected chi connectivity index (χ0v) is 12.0. The van der Waals surface area contributed by atoms with Crippen LogP contribution in [0.3, 0.4) is 0 Å². The average Bonchev–Trinajstić information content (AvgIpc) is 2.56. The lowest BCUT2D eigenvalue weighted by molar-refractivity contribution is 0.622. The van der Waals surface area contributed by atoms with E-state index in [1.165, 1.54) is 12.1 Å². The van der Waals surface area contributed by atoms with Crippen LogP contribution in [0.2, 0.25) is 5.15 Å². The maximum Gasteiger partial charge on any atom is 0.130 e. The van der Waals surface area contributed by atoms with Crippen LogP contribution in [0.15, 0.2) is 18.2 Å². The van der Waals surface area contributed by atoms with Crippen molar-refractivity contribution in [1.82, 2.24) is 9.78 Å². The second-order valence-electron chi connectivity index (χ2n) is 4.79. The normalized spacial score (nSPS) is 12.7. The fourth-order valence-electron chi connectivity index (χ4n) is 2.29. The minimum absolute atomic E-state index is 0.221. The number of nitrogens with two attached hydrogens (primary N) is 1. The highest BCUT2D eigenvalue weighted by molar-refractivity contribution is 6.30. The predicted molar refractivity (Wildman–Crippen MR) is 74.7 cm³/mol. The molecule has 2 rings (SSSR count). The van der Waals surface area contributed by atoms with Gasteiger partial charge in [0.1, 0.15) is 11.0 Å². The Morgan fingerprint density at radius 3 is 2.63 bits per heavy atom. The number of benzene rings is 1. The van der Waals surface area contributed by atoms with Crippen LogP contribution < -0.4 is 5.73 Å². The largest absolute Gasteiger partial charge is 0.324 e. The summed E-state index contributed by atoms with van der Waals surface area (Å²) in [5, 5.41) is 4.87. The summed E-state index contributed by atoms with van der Waals surface area (Å²) in [7, 11) is 1.80. The van der Waals surface area contributed by atoms with Gasteiger partial charge in [-0.15, -0.1) is 0 Å². The third-order valence-electron chi connectivity index (χ3n) is 3.33. The van der Waals surface area contributed by atoms with E-state index >= 15 is 0 Å². The molecule has 0 aliphatic rings. The lowest BCUT2D eigenvalue weighted by Gasteiger charge is -2.14. The minimum atomic E-state index is -0.246. The quantitative estimate of drug-likeness (QED) is 0.940. The summed E-state index contributed by atoms with van der Waals surface area (Å²) in [6.45, 7) is 3.77.